The first-order valence-electron chi connectivity index (χ1n) is 12.4. The van der Waals surface area contributed by atoms with Crippen molar-refractivity contribution in [1.29, 1.82) is 0 Å². The van der Waals surface area contributed by atoms with Crippen molar-refractivity contribution in [2.24, 2.45) is 5.92 Å². The number of benzene rings is 1. The van der Waals surface area contributed by atoms with E-state index in [1.165, 1.54) is 13.2 Å². The predicted molar refractivity (Wildman–Crippen MR) is 138 cm³/mol. The Bertz CT molecular complexity index is 1220. The number of carbonyl (C=O) groups excluding carboxylic acids is 2. The number of aryl methyl sites for hydroxylation is 1. The lowest BCUT2D eigenvalue weighted by Gasteiger charge is -2.27. The molecule has 0 aliphatic heterocycles. The van der Waals surface area contributed by atoms with Crippen LogP contribution >= 0.6 is 11.3 Å². The van der Waals surface area contributed by atoms with E-state index in [2.05, 4.69) is 17.2 Å². The molecule has 0 atom stereocenters. The highest BCUT2D eigenvalue weighted by Gasteiger charge is 2.26. The zero-order chi connectivity index (χ0) is 25.7. The lowest BCUT2D eigenvalue weighted by Crippen LogP contribution is -2.18. The van der Waals surface area contributed by atoms with Gasteiger partial charge in [0.1, 0.15) is 11.5 Å². The number of methoxy groups -OCH3 is 1. The van der Waals surface area contributed by atoms with Crippen molar-refractivity contribution >= 4 is 39.1 Å². The molecule has 1 aliphatic carbocycles. The number of halogens is 1. The van der Waals surface area contributed by atoms with Crippen LogP contribution in [0.25, 0.3) is 10.2 Å². The molecule has 2 heterocycles. The fourth-order valence-corrected chi connectivity index (χ4v) is 5.71. The van der Waals surface area contributed by atoms with Crippen molar-refractivity contribution in [3.8, 4) is 0 Å². The highest BCUT2D eigenvalue weighted by molar-refractivity contribution is 7.18. The summed E-state index contributed by atoms with van der Waals surface area (Å²) in [7, 11) is 1.28. The Kier molecular flexibility index (Phi) is 8.64. The monoisotopic (exact) mass is 513 g/mol. The quantitative estimate of drug-likeness (QED) is 0.268. The second kappa shape index (κ2) is 11.9. The number of rotatable bonds is 9. The largest absolute Gasteiger partial charge is 0.465 e. The molecule has 1 aromatic carbocycles. The molecule has 4 rings (SSSR count). The zero-order valence-electron chi connectivity index (χ0n) is 20.9. The molecular formula is C27H32FN3O4S. The third-order valence-electron chi connectivity index (χ3n) is 6.54. The van der Waals surface area contributed by atoms with E-state index in [9.17, 15) is 14.0 Å². The standard InChI is InChI=1S/C27H32FN3O4S/c1-4-5-10-35-15-17-6-8-18(9-7-17)26-31-22-13-20(27(33)34-3)21(14-24(22)36-26)30-25(32)23-12-19(28)11-16(2)29-23/h11-14,17-18H,4-10,15H2,1-3H3,(H,30,32)/t17-,18-. The molecule has 1 aliphatic rings. The first kappa shape index (κ1) is 26.2. The molecule has 36 heavy (non-hydrogen) atoms. The van der Waals surface area contributed by atoms with Gasteiger partial charge in [-0.2, -0.15) is 0 Å². The third-order valence-corrected chi connectivity index (χ3v) is 7.72. The van der Waals surface area contributed by atoms with E-state index >= 15 is 0 Å². The van der Waals surface area contributed by atoms with Crippen LogP contribution < -0.4 is 5.32 Å². The fraction of sp³-hybridized carbons (Fsp3) is 0.481. The summed E-state index contributed by atoms with van der Waals surface area (Å²) in [6.45, 7) is 5.44. The van der Waals surface area contributed by atoms with E-state index in [0.717, 1.165) is 67.5 Å². The van der Waals surface area contributed by atoms with Gasteiger partial charge in [0, 0.05) is 30.9 Å². The number of hydrogen-bond donors (Lipinski definition) is 1. The Morgan fingerprint density at radius 3 is 2.61 bits per heavy atom. The number of carbonyl (C=O) groups is 2. The summed E-state index contributed by atoms with van der Waals surface area (Å²) < 4.78 is 25.4. The molecule has 0 saturated heterocycles. The van der Waals surface area contributed by atoms with Crippen molar-refractivity contribution in [3.05, 3.63) is 52.0 Å². The minimum Gasteiger partial charge on any atom is -0.465 e. The molecule has 1 saturated carbocycles. The molecule has 1 amide bonds. The smallest absolute Gasteiger partial charge is 0.340 e. The Balaban J connectivity index is 1.52. The highest BCUT2D eigenvalue weighted by atomic mass is 32.1. The van der Waals surface area contributed by atoms with Gasteiger partial charge in [0.2, 0.25) is 0 Å². The van der Waals surface area contributed by atoms with Crippen LogP contribution in [0.3, 0.4) is 0 Å². The summed E-state index contributed by atoms with van der Waals surface area (Å²) in [5.74, 6) is -0.778. The number of thiazole rings is 1. The summed E-state index contributed by atoms with van der Waals surface area (Å²) in [5, 5.41) is 3.75. The SMILES string of the molecule is CCCCOC[C@H]1CC[C@H](c2nc3cc(C(=O)OC)c(NC(=O)c4cc(F)cc(C)n4)cc3s2)CC1. The number of hydrogen-bond acceptors (Lipinski definition) is 7. The molecular weight excluding hydrogens is 481 g/mol. The summed E-state index contributed by atoms with van der Waals surface area (Å²) in [5.41, 5.74) is 1.49. The molecule has 9 heteroatoms. The van der Waals surface area contributed by atoms with Crippen molar-refractivity contribution in [1.82, 2.24) is 9.97 Å². The highest BCUT2D eigenvalue weighted by Crippen LogP contribution is 2.40. The molecule has 2 aromatic heterocycles. The molecule has 192 valence electrons. The van der Waals surface area contributed by atoms with E-state index in [1.807, 2.05) is 0 Å². The van der Waals surface area contributed by atoms with Gasteiger partial charge >= 0.3 is 5.97 Å². The Morgan fingerprint density at radius 1 is 1.14 bits per heavy atom. The summed E-state index contributed by atoms with van der Waals surface area (Å²) in [6, 6.07) is 5.69. The van der Waals surface area contributed by atoms with Gasteiger partial charge in [0.15, 0.2) is 0 Å². The number of anilines is 1. The Labute approximate surface area is 214 Å². The van der Waals surface area contributed by atoms with Crippen molar-refractivity contribution < 1.29 is 23.5 Å². The van der Waals surface area contributed by atoms with Crippen molar-refractivity contribution in [2.45, 2.75) is 58.3 Å². The number of amides is 1. The van der Waals surface area contributed by atoms with Gasteiger partial charge < -0.3 is 14.8 Å². The molecule has 0 bridgehead atoms. The maximum absolute atomic E-state index is 13.8. The number of nitrogens with zero attached hydrogens (tertiary/aromatic N) is 2. The van der Waals surface area contributed by atoms with E-state index in [0.29, 0.717) is 23.0 Å². The minimum atomic E-state index is -0.605. The third kappa shape index (κ3) is 6.25. The van der Waals surface area contributed by atoms with Gasteiger partial charge in [-0.3, -0.25) is 4.79 Å². The summed E-state index contributed by atoms with van der Waals surface area (Å²) >= 11 is 1.58. The zero-order valence-corrected chi connectivity index (χ0v) is 21.8. The van der Waals surface area contributed by atoms with Crippen LogP contribution in [-0.4, -0.2) is 42.2 Å². The Hall–Kier alpha value is -2.91. The number of esters is 1. The second-order valence-electron chi connectivity index (χ2n) is 9.32. The maximum Gasteiger partial charge on any atom is 0.340 e. The first-order chi connectivity index (χ1) is 17.4. The lowest BCUT2D eigenvalue weighted by atomic mass is 9.83. The van der Waals surface area contributed by atoms with E-state index in [-0.39, 0.29) is 16.9 Å². The van der Waals surface area contributed by atoms with Gasteiger partial charge in [-0.15, -0.1) is 11.3 Å². The van der Waals surface area contributed by atoms with Gasteiger partial charge in [-0.25, -0.2) is 19.2 Å². The van der Waals surface area contributed by atoms with Crippen LogP contribution in [0.2, 0.25) is 0 Å². The van der Waals surface area contributed by atoms with E-state index in [1.54, 1.807) is 30.4 Å². The average Bonchev–Trinajstić information content (AvgIpc) is 3.28. The molecule has 1 N–H and O–H groups in total. The minimum absolute atomic E-state index is 0.0659. The van der Waals surface area contributed by atoms with E-state index in [4.69, 9.17) is 14.5 Å². The molecule has 1 fully saturated rings. The second-order valence-corrected chi connectivity index (χ2v) is 10.4. The van der Waals surface area contributed by atoms with Gasteiger partial charge in [-0.05, 0) is 63.1 Å². The topological polar surface area (TPSA) is 90.4 Å². The van der Waals surface area contributed by atoms with Crippen LogP contribution in [0, 0.1) is 18.7 Å². The molecule has 3 aromatic rings. The number of nitrogens with one attached hydrogen (secondary N) is 1. The normalized spacial score (nSPS) is 17.8. The number of unbranched alkanes of at least 4 members (excludes halogenated alkanes) is 1. The van der Waals surface area contributed by atoms with Crippen LogP contribution in [0.1, 0.15) is 82.9 Å². The maximum atomic E-state index is 13.8. The van der Waals surface area contributed by atoms with Crippen LogP contribution in [0.5, 0.6) is 0 Å². The predicted octanol–water partition coefficient (Wildman–Crippen LogP) is 6.27. The van der Waals surface area contributed by atoms with Crippen molar-refractivity contribution in [2.75, 3.05) is 25.6 Å². The van der Waals surface area contributed by atoms with Gasteiger partial charge in [0.05, 0.1) is 33.6 Å². The number of aromatic nitrogens is 2. The molecule has 0 spiro atoms. The fourth-order valence-electron chi connectivity index (χ4n) is 4.55. The van der Waals surface area contributed by atoms with Crippen LogP contribution in [0.4, 0.5) is 10.1 Å². The molecule has 7 nitrogen and oxygen atoms in total. The van der Waals surface area contributed by atoms with Gasteiger partial charge in [0.25, 0.3) is 5.91 Å². The number of pyridine rings is 1. The van der Waals surface area contributed by atoms with Crippen molar-refractivity contribution in [3.63, 3.8) is 0 Å². The van der Waals surface area contributed by atoms with Gasteiger partial charge in [-0.1, -0.05) is 13.3 Å². The average molecular weight is 514 g/mol. The molecule has 0 radical (unpaired) electrons. The lowest BCUT2D eigenvalue weighted by molar-refractivity contribution is 0.0602. The number of ether oxygens (including phenoxy) is 2. The first-order valence-corrected chi connectivity index (χ1v) is 13.3. The summed E-state index contributed by atoms with van der Waals surface area (Å²) in [6.07, 6.45) is 6.59. The summed E-state index contributed by atoms with van der Waals surface area (Å²) in [4.78, 5) is 34.2. The van der Waals surface area contributed by atoms with Crippen LogP contribution in [-0.2, 0) is 9.47 Å². The van der Waals surface area contributed by atoms with Crippen LogP contribution in [0.15, 0.2) is 24.3 Å². The van der Waals surface area contributed by atoms with E-state index < -0.39 is 17.7 Å². The Morgan fingerprint density at radius 2 is 1.92 bits per heavy atom. The molecule has 0 unspecified atom stereocenters. The number of fused-ring (bicyclic) bond motifs is 1.